The second-order valence-corrected chi connectivity index (χ2v) is 6.79. The summed E-state index contributed by atoms with van der Waals surface area (Å²) in [6.45, 7) is 6.87. The van der Waals surface area contributed by atoms with E-state index in [9.17, 15) is 9.59 Å². The Morgan fingerprint density at radius 3 is 2.32 bits per heavy atom. The van der Waals surface area contributed by atoms with Crippen molar-refractivity contribution in [1.29, 1.82) is 0 Å². The molecule has 0 bridgehead atoms. The molecule has 1 amide bonds. The summed E-state index contributed by atoms with van der Waals surface area (Å²) >= 11 is 0. The number of carbonyl (C=O) groups excluding carboxylic acids is 1. The number of benzene rings is 2. The van der Waals surface area contributed by atoms with Crippen LogP contribution in [0, 0.1) is 0 Å². The minimum Gasteiger partial charge on any atom is -0.478 e. The van der Waals surface area contributed by atoms with Crippen LogP contribution in [0.25, 0.3) is 0 Å². The predicted octanol–water partition coefficient (Wildman–Crippen LogP) is 3.63. The first-order valence-electron chi connectivity index (χ1n) is 8.08. The summed E-state index contributed by atoms with van der Waals surface area (Å²) in [5.74, 6) is -1.36. The van der Waals surface area contributed by atoms with Gasteiger partial charge in [0.25, 0.3) is 5.91 Å². The summed E-state index contributed by atoms with van der Waals surface area (Å²) in [5.41, 5.74) is 2.20. The molecule has 2 aromatic rings. The van der Waals surface area contributed by atoms with Gasteiger partial charge in [0.2, 0.25) is 0 Å². The molecule has 5 nitrogen and oxygen atoms in total. The first-order chi connectivity index (χ1) is 11.7. The van der Waals surface area contributed by atoms with Crippen molar-refractivity contribution >= 4 is 11.9 Å². The molecule has 2 aromatic carbocycles. The summed E-state index contributed by atoms with van der Waals surface area (Å²) in [5, 5.41) is 11.8. The van der Waals surface area contributed by atoms with E-state index in [0.29, 0.717) is 18.7 Å². The number of nitrogens with one attached hydrogen (secondary N) is 1. The van der Waals surface area contributed by atoms with E-state index in [4.69, 9.17) is 9.84 Å². The lowest BCUT2D eigenvalue weighted by molar-refractivity contribution is -0.0149. The number of rotatable bonds is 6. The monoisotopic (exact) mass is 341 g/mol. The summed E-state index contributed by atoms with van der Waals surface area (Å²) in [6, 6.07) is 13.8. The molecule has 0 aliphatic carbocycles. The quantitative estimate of drug-likeness (QED) is 0.841. The van der Waals surface area contributed by atoms with Gasteiger partial charge in [-0.25, -0.2) is 4.79 Å². The highest BCUT2D eigenvalue weighted by Crippen LogP contribution is 2.13. The number of carboxylic acid groups (broad SMARTS) is 1. The minimum absolute atomic E-state index is 0.0916. The number of aromatic carboxylic acids is 1. The fourth-order valence-electron chi connectivity index (χ4n) is 2.21. The topological polar surface area (TPSA) is 75.6 Å². The van der Waals surface area contributed by atoms with Gasteiger partial charge < -0.3 is 15.2 Å². The lowest BCUT2D eigenvalue weighted by Crippen LogP contribution is -2.23. The van der Waals surface area contributed by atoms with Crippen LogP contribution >= 0.6 is 0 Å². The van der Waals surface area contributed by atoms with Crippen LogP contribution in [0.2, 0.25) is 0 Å². The molecular weight excluding hydrogens is 318 g/mol. The molecule has 0 unspecified atom stereocenters. The van der Waals surface area contributed by atoms with Crippen LogP contribution in [0.4, 0.5) is 0 Å². The van der Waals surface area contributed by atoms with E-state index < -0.39 is 5.97 Å². The third-order valence-electron chi connectivity index (χ3n) is 3.49. The largest absolute Gasteiger partial charge is 0.478 e. The van der Waals surface area contributed by atoms with Crippen molar-refractivity contribution in [3.05, 3.63) is 70.8 Å². The molecule has 0 fully saturated rings. The fourth-order valence-corrected chi connectivity index (χ4v) is 2.21. The highest BCUT2D eigenvalue weighted by Gasteiger charge is 2.11. The Hall–Kier alpha value is -2.66. The Labute approximate surface area is 147 Å². The average molecular weight is 341 g/mol. The molecule has 0 aliphatic rings. The second kappa shape index (κ2) is 7.94. The Morgan fingerprint density at radius 1 is 1.00 bits per heavy atom. The standard InChI is InChI=1S/C20H23NO4/c1-20(2,3)25-13-15-7-4-6-14(10-15)12-21-18(22)16-8-5-9-17(11-16)19(23)24/h4-11H,12-13H2,1-3H3,(H,21,22)(H,23,24). The van der Waals surface area contributed by atoms with E-state index in [1.165, 1.54) is 12.1 Å². The van der Waals surface area contributed by atoms with Crippen molar-refractivity contribution in [3.63, 3.8) is 0 Å². The first kappa shape index (κ1) is 18.7. The second-order valence-electron chi connectivity index (χ2n) is 6.79. The van der Waals surface area contributed by atoms with E-state index in [2.05, 4.69) is 5.32 Å². The molecule has 0 heterocycles. The van der Waals surface area contributed by atoms with Crippen molar-refractivity contribution < 1.29 is 19.4 Å². The molecule has 0 saturated carbocycles. The zero-order valence-electron chi connectivity index (χ0n) is 14.7. The number of ether oxygens (including phenoxy) is 1. The van der Waals surface area contributed by atoms with E-state index in [0.717, 1.165) is 11.1 Å². The van der Waals surface area contributed by atoms with Crippen molar-refractivity contribution in [2.75, 3.05) is 0 Å². The van der Waals surface area contributed by atoms with Gasteiger partial charge in [-0.2, -0.15) is 0 Å². The normalized spacial score (nSPS) is 11.2. The highest BCUT2D eigenvalue weighted by atomic mass is 16.5. The fraction of sp³-hybridized carbons (Fsp3) is 0.300. The molecule has 0 aromatic heterocycles. The van der Waals surface area contributed by atoms with Crippen molar-refractivity contribution in [1.82, 2.24) is 5.32 Å². The summed E-state index contributed by atoms with van der Waals surface area (Å²) in [7, 11) is 0. The van der Waals surface area contributed by atoms with Gasteiger partial charge in [0.15, 0.2) is 0 Å². The Kier molecular flexibility index (Phi) is 5.93. The number of hydrogen-bond donors (Lipinski definition) is 2. The van der Waals surface area contributed by atoms with Gasteiger partial charge in [-0.05, 0) is 50.1 Å². The van der Waals surface area contributed by atoms with Crippen LogP contribution in [0.5, 0.6) is 0 Å². The molecule has 0 atom stereocenters. The summed E-state index contributed by atoms with van der Waals surface area (Å²) in [6.07, 6.45) is 0. The average Bonchev–Trinajstić information content (AvgIpc) is 2.58. The van der Waals surface area contributed by atoms with E-state index in [1.54, 1.807) is 12.1 Å². The predicted molar refractivity (Wildman–Crippen MR) is 95.6 cm³/mol. The van der Waals surface area contributed by atoms with Crippen molar-refractivity contribution in [2.45, 2.75) is 39.5 Å². The SMILES string of the molecule is CC(C)(C)OCc1cccc(CNC(=O)c2cccc(C(=O)O)c2)c1. The van der Waals surface area contributed by atoms with Crippen molar-refractivity contribution in [3.8, 4) is 0 Å². The molecule has 0 aliphatic heterocycles. The maximum Gasteiger partial charge on any atom is 0.335 e. The molecule has 0 radical (unpaired) electrons. The molecule has 0 spiro atoms. The lowest BCUT2D eigenvalue weighted by atomic mass is 10.1. The summed E-state index contributed by atoms with van der Waals surface area (Å²) < 4.78 is 5.76. The van der Waals surface area contributed by atoms with Gasteiger partial charge in [0.05, 0.1) is 17.8 Å². The first-order valence-corrected chi connectivity index (χ1v) is 8.08. The van der Waals surface area contributed by atoms with E-state index >= 15 is 0 Å². The number of hydrogen-bond acceptors (Lipinski definition) is 3. The van der Waals surface area contributed by atoms with Gasteiger partial charge in [-0.1, -0.05) is 30.3 Å². The third kappa shape index (κ3) is 6.04. The van der Waals surface area contributed by atoms with Gasteiger partial charge in [0.1, 0.15) is 0 Å². The molecule has 132 valence electrons. The molecule has 2 rings (SSSR count). The van der Waals surface area contributed by atoms with Gasteiger partial charge in [0, 0.05) is 12.1 Å². The Morgan fingerprint density at radius 2 is 1.64 bits per heavy atom. The number of carbonyl (C=O) groups is 2. The number of amides is 1. The zero-order valence-corrected chi connectivity index (χ0v) is 14.7. The molecular formula is C20H23NO4. The molecule has 25 heavy (non-hydrogen) atoms. The van der Waals surface area contributed by atoms with Crippen LogP contribution in [-0.2, 0) is 17.9 Å². The minimum atomic E-state index is -1.05. The molecule has 2 N–H and O–H groups in total. The Bertz CT molecular complexity index is 762. The van der Waals surface area contributed by atoms with Gasteiger partial charge in [-0.3, -0.25) is 4.79 Å². The highest BCUT2D eigenvalue weighted by molar-refractivity contribution is 5.97. The van der Waals surface area contributed by atoms with Gasteiger partial charge >= 0.3 is 5.97 Å². The van der Waals surface area contributed by atoms with Crippen molar-refractivity contribution in [2.24, 2.45) is 0 Å². The van der Waals surface area contributed by atoms with Crippen LogP contribution in [0.3, 0.4) is 0 Å². The molecule has 5 heteroatoms. The van der Waals surface area contributed by atoms with Crippen LogP contribution in [0.1, 0.15) is 52.6 Å². The van der Waals surface area contributed by atoms with E-state index in [-0.39, 0.29) is 17.1 Å². The Balaban J connectivity index is 1.98. The smallest absolute Gasteiger partial charge is 0.335 e. The lowest BCUT2D eigenvalue weighted by Gasteiger charge is -2.19. The van der Waals surface area contributed by atoms with Crippen LogP contribution in [0.15, 0.2) is 48.5 Å². The van der Waals surface area contributed by atoms with Crippen LogP contribution < -0.4 is 5.32 Å². The van der Waals surface area contributed by atoms with Gasteiger partial charge in [-0.15, -0.1) is 0 Å². The maximum atomic E-state index is 12.2. The third-order valence-corrected chi connectivity index (χ3v) is 3.49. The van der Waals surface area contributed by atoms with E-state index in [1.807, 2.05) is 45.0 Å². The maximum absolute atomic E-state index is 12.2. The molecule has 0 saturated heterocycles. The number of carboxylic acids is 1. The van der Waals surface area contributed by atoms with Crippen LogP contribution in [-0.4, -0.2) is 22.6 Å². The summed E-state index contributed by atoms with van der Waals surface area (Å²) in [4.78, 5) is 23.2. The zero-order chi connectivity index (χ0) is 18.4.